The van der Waals surface area contributed by atoms with E-state index in [2.05, 4.69) is 4.98 Å². The van der Waals surface area contributed by atoms with E-state index in [1.807, 2.05) is 19.9 Å². The van der Waals surface area contributed by atoms with Gasteiger partial charge < -0.3 is 14.6 Å². The van der Waals surface area contributed by atoms with Gasteiger partial charge in [-0.2, -0.15) is 0 Å². The van der Waals surface area contributed by atoms with Gasteiger partial charge in [-0.25, -0.2) is 9.78 Å². The third kappa shape index (κ3) is 3.08. The Hall–Kier alpha value is -2.08. The summed E-state index contributed by atoms with van der Waals surface area (Å²) in [6, 6.07) is 5.43. The van der Waals surface area contributed by atoms with Gasteiger partial charge in [-0.05, 0) is 32.0 Å². The first-order chi connectivity index (χ1) is 9.51. The Kier molecular flexibility index (Phi) is 4.24. The third-order valence-corrected chi connectivity index (χ3v) is 3.39. The van der Waals surface area contributed by atoms with Crippen molar-refractivity contribution in [3.05, 3.63) is 29.3 Å². The molecule has 6 heteroatoms. The number of ether oxygens (including phenoxy) is 2. The maximum Gasteiger partial charge on any atom is 0.355 e. The van der Waals surface area contributed by atoms with Crippen LogP contribution in [0.25, 0.3) is 10.6 Å². The lowest BCUT2D eigenvalue weighted by molar-refractivity contribution is 0.0691. The predicted molar refractivity (Wildman–Crippen MR) is 76.8 cm³/mol. The number of methoxy groups -OCH3 is 1. The van der Waals surface area contributed by atoms with Crippen molar-refractivity contribution >= 4 is 17.3 Å². The highest BCUT2D eigenvalue weighted by molar-refractivity contribution is 7.13. The van der Waals surface area contributed by atoms with Crippen LogP contribution in [0.4, 0.5) is 0 Å². The van der Waals surface area contributed by atoms with Gasteiger partial charge in [0.15, 0.2) is 17.2 Å². The lowest BCUT2D eigenvalue weighted by Gasteiger charge is -2.13. The van der Waals surface area contributed by atoms with Crippen molar-refractivity contribution in [1.29, 1.82) is 0 Å². The standard InChI is InChI=1S/C14H15NO4S/c1-8(2)19-11-5-4-9(6-12(11)18-3)13-15-10(7-20-13)14(16)17/h4-8H,1-3H3,(H,16,17). The summed E-state index contributed by atoms with van der Waals surface area (Å²) in [5.41, 5.74) is 0.849. The lowest BCUT2D eigenvalue weighted by Crippen LogP contribution is -2.06. The Morgan fingerprint density at radius 1 is 1.35 bits per heavy atom. The molecule has 5 nitrogen and oxygen atoms in total. The minimum atomic E-state index is -1.03. The summed E-state index contributed by atoms with van der Waals surface area (Å²) in [5.74, 6) is 0.226. The normalized spacial score (nSPS) is 10.6. The maximum atomic E-state index is 10.8. The molecule has 0 amide bonds. The number of hydrogen-bond donors (Lipinski definition) is 1. The molecule has 0 spiro atoms. The molecule has 0 aliphatic carbocycles. The number of nitrogens with zero attached hydrogens (tertiary/aromatic N) is 1. The topological polar surface area (TPSA) is 68.7 Å². The first-order valence-electron chi connectivity index (χ1n) is 6.05. The number of hydrogen-bond acceptors (Lipinski definition) is 5. The summed E-state index contributed by atoms with van der Waals surface area (Å²) in [6.07, 6.45) is 0.0493. The first kappa shape index (κ1) is 14.3. The molecular formula is C14H15NO4S. The Bertz CT molecular complexity index is 621. The highest BCUT2D eigenvalue weighted by atomic mass is 32.1. The van der Waals surface area contributed by atoms with Crippen LogP contribution in [0, 0.1) is 0 Å². The molecule has 1 N–H and O–H groups in total. The average Bonchev–Trinajstić information content (AvgIpc) is 2.88. The molecule has 0 aliphatic rings. The van der Waals surface area contributed by atoms with E-state index in [1.54, 1.807) is 19.2 Å². The predicted octanol–water partition coefficient (Wildman–Crippen LogP) is 3.30. The zero-order valence-electron chi connectivity index (χ0n) is 11.4. The molecule has 0 bridgehead atoms. The summed E-state index contributed by atoms with van der Waals surface area (Å²) in [4.78, 5) is 14.9. The van der Waals surface area contributed by atoms with Gasteiger partial charge in [0.25, 0.3) is 0 Å². The molecule has 0 saturated carbocycles. The Morgan fingerprint density at radius 2 is 2.10 bits per heavy atom. The fraction of sp³-hybridized carbons (Fsp3) is 0.286. The van der Waals surface area contributed by atoms with Gasteiger partial charge in [-0.3, -0.25) is 0 Å². The fourth-order valence-corrected chi connectivity index (χ4v) is 2.45. The van der Waals surface area contributed by atoms with Crippen LogP contribution in [0.15, 0.2) is 23.6 Å². The van der Waals surface area contributed by atoms with Crippen LogP contribution < -0.4 is 9.47 Å². The van der Waals surface area contributed by atoms with Crippen molar-refractivity contribution in [2.45, 2.75) is 20.0 Å². The monoisotopic (exact) mass is 293 g/mol. The molecule has 0 radical (unpaired) electrons. The summed E-state index contributed by atoms with van der Waals surface area (Å²) >= 11 is 1.28. The Labute approximate surface area is 120 Å². The quantitative estimate of drug-likeness (QED) is 0.916. The molecular weight excluding hydrogens is 278 g/mol. The third-order valence-electron chi connectivity index (χ3n) is 2.50. The number of carbonyl (C=O) groups is 1. The molecule has 2 aromatic rings. The number of aromatic carboxylic acids is 1. The molecule has 0 atom stereocenters. The zero-order valence-corrected chi connectivity index (χ0v) is 12.2. The number of carboxylic acids is 1. The van der Waals surface area contributed by atoms with Crippen LogP contribution >= 0.6 is 11.3 Å². The van der Waals surface area contributed by atoms with Gasteiger partial charge in [0.2, 0.25) is 0 Å². The van der Waals surface area contributed by atoms with Crippen molar-refractivity contribution in [3.63, 3.8) is 0 Å². The lowest BCUT2D eigenvalue weighted by atomic mass is 10.2. The van der Waals surface area contributed by atoms with E-state index in [-0.39, 0.29) is 11.8 Å². The molecule has 1 aromatic heterocycles. The highest BCUT2D eigenvalue weighted by Crippen LogP contribution is 2.34. The fourth-order valence-electron chi connectivity index (χ4n) is 1.66. The zero-order chi connectivity index (χ0) is 14.7. The minimum absolute atomic E-state index is 0.0477. The summed E-state index contributed by atoms with van der Waals surface area (Å²) in [5, 5.41) is 11.0. The number of aromatic nitrogens is 1. The Morgan fingerprint density at radius 3 is 2.65 bits per heavy atom. The number of thiazole rings is 1. The van der Waals surface area contributed by atoms with Gasteiger partial charge in [0.1, 0.15) is 5.01 Å². The van der Waals surface area contributed by atoms with Gasteiger partial charge in [-0.15, -0.1) is 11.3 Å². The van der Waals surface area contributed by atoms with E-state index in [1.165, 1.54) is 16.7 Å². The van der Waals surface area contributed by atoms with Crippen LogP contribution in [0.1, 0.15) is 24.3 Å². The molecule has 0 fully saturated rings. The van der Waals surface area contributed by atoms with E-state index in [0.29, 0.717) is 16.5 Å². The van der Waals surface area contributed by atoms with Crippen molar-refractivity contribution in [1.82, 2.24) is 4.98 Å². The molecule has 0 saturated heterocycles. The van der Waals surface area contributed by atoms with Crippen molar-refractivity contribution in [3.8, 4) is 22.1 Å². The van der Waals surface area contributed by atoms with E-state index in [0.717, 1.165) is 5.56 Å². The van der Waals surface area contributed by atoms with E-state index < -0.39 is 5.97 Å². The molecule has 1 heterocycles. The summed E-state index contributed by atoms with van der Waals surface area (Å²) in [6.45, 7) is 3.88. The van der Waals surface area contributed by atoms with Crippen molar-refractivity contribution in [2.75, 3.05) is 7.11 Å². The average molecular weight is 293 g/mol. The molecule has 106 valence electrons. The van der Waals surface area contributed by atoms with Gasteiger partial charge in [0.05, 0.1) is 13.2 Å². The molecule has 2 rings (SSSR count). The first-order valence-corrected chi connectivity index (χ1v) is 6.93. The van der Waals surface area contributed by atoms with Crippen LogP contribution in [0.2, 0.25) is 0 Å². The Balaban J connectivity index is 2.35. The van der Waals surface area contributed by atoms with Crippen LogP contribution in [-0.2, 0) is 0 Å². The van der Waals surface area contributed by atoms with Gasteiger partial charge >= 0.3 is 5.97 Å². The number of benzene rings is 1. The second-order valence-corrected chi connectivity index (χ2v) is 5.23. The van der Waals surface area contributed by atoms with Crippen molar-refractivity contribution in [2.24, 2.45) is 0 Å². The van der Waals surface area contributed by atoms with E-state index in [9.17, 15) is 4.79 Å². The smallest absolute Gasteiger partial charge is 0.355 e. The van der Waals surface area contributed by atoms with Gasteiger partial charge in [-0.1, -0.05) is 0 Å². The summed E-state index contributed by atoms with van der Waals surface area (Å²) < 4.78 is 10.9. The SMILES string of the molecule is COc1cc(-c2nc(C(=O)O)cs2)ccc1OC(C)C. The van der Waals surface area contributed by atoms with Crippen molar-refractivity contribution < 1.29 is 19.4 Å². The van der Waals surface area contributed by atoms with Crippen LogP contribution in [0.5, 0.6) is 11.5 Å². The minimum Gasteiger partial charge on any atom is -0.493 e. The maximum absolute atomic E-state index is 10.8. The van der Waals surface area contributed by atoms with Crippen LogP contribution in [-0.4, -0.2) is 29.3 Å². The molecule has 1 aromatic carbocycles. The number of rotatable bonds is 5. The van der Waals surface area contributed by atoms with E-state index in [4.69, 9.17) is 14.6 Å². The molecule has 20 heavy (non-hydrogen) atoms. The molecule has 0 aliphatic heterocycles. The second-order valence-electron chi connectivity index (χ2n) is 4.38. The highest BCUT2D eigenvalue weighted by Gasteiger charge is 2.13. The van der Waals surface area contributed by atoms with Gasteiger partial charge in [0, 0.05) is 10.9 Å². The number of carboxylic acid groups (broad SMARTS) is 1. The molecule has 0 unspecified atom stereocenters. The largest absolute Gasteiger partial charge is 0.493 e. The second kappa shape index (κ2) is 5.92. The van der Waals surface area contributed by atoms with E-state index >= 15 is 0 Å². The van der Waals surface area contributed by atoms with Crippen LogP contribution in [0.3, 0.4) is 0 Å². The summed E-state index contributed by atoms with van der Waals surface area (Å²) in [7, 11) is 1.57.